The number of amides is 1. The van der Waals surface area contributed by atoms with Crippen LogP contribution in [0.3, 0.4) is 0 Å². The zero-order valence-corrected chi connectivity index (χ0v) is 17.9. The lowest BCUT2D eigenvalue weighted by molar-refractivity contribution is -0.00266. The number of carbonyl (C=O) groups excluding carboxylic acids is 1. The SMILES string of the molecule is C#CCCOC(=O)Nc1cccc(CONC([S+]=O)(c2ccccc2)c2nnnn2C)n1. The quantitative estimate of drug-likeness (QED) is 0.154. The molecule has 0 fully saturated rings. The van der Waals surface area contributed by atoms with Crippen LogP contribution in [-0.4, -0.2) is 37.9 Å². The van der Waals surface area contributed by atoms with Crippen molar-refractivity contribution in [3.05, 3.63) is 65.6 Å². The third-order valence-electron chi connectivity index (χ3n) is 4.19. The predicted octanol–water partition coefficient (Wildman–Crippen LogP) is 1.53. The summed E-state index contributed by atoms with van der Waals surface area (Å²) in [6.45, 7) is 0.0997. The van der Waals surface area contributed by atoms with Crippen LogP contribution in [0.25, 0.3) is 0 Å². The van der Waals surface area contributed by atoms with Crippen molar-refractivity contribution >= 4 is 23.6 Å². The second-order valence-electron chi connectivity index (χ2n) is 6.38. The minimum atomic E-state index is -1.41. The van der Waals surface area contributed by atoms with Gasteiger partial charge in [-0.2, -0.15) is 0 Å². The number of hydroxylamine groups is 1. The number of nitrogens with zero attached hydrogens (tertiary/aromatic N) is 5. The number of anilines is 1. The standard InChI is InChI=1S/C20H19N7O4S/c1-3-4-13-30-19(28)22-17-12-8-11-16(21-17)14-31-24-20(32-29,15-9-6-5-7-10-15)18-23-25-26-27(18)2/h1,5-12,24H,4,13-14H2,2H3/p+1. The van der Waals surface area contributed by atoms with E-state index in [-0.39, 0.29) is 36.5 Å². The predicted molar refractivity (Wildman–Crippen MR) is 115 cm³/mol. The van der Waals surface area contributed by atoms with Gasteiger partial charge in [0.25, 0.3) is 0 Å². The lowest BCUT2D eigenvalue weighted by Gasteiger charge is -2.17. The summed E-state index contributed by atoms with van der Waals surface area (Å²) in [5, 5.41) is 14.0. The van der Waals surface area contributed by atoms with Gasteiger partial charge in [-0.25, -0.2) is 14.5 Å². The summed E-state index contributed by atoms with van der Waals surface area (Å²) < 4.78 is 18.6. The normalized spacial score (nSPS) is 12.4. The molecular formula is C20H20N7O4S+. The zero-order valence-electron chi connectivity index (χ0n) is 17.1. The van der Waals surface area contributed by atoms with Gasteiger partial charge in [0.05, 0.1) is 5.69 Å². The number of tetrazole rings is 1. The van der Waals surface area contributed by atoms with Crippen molar-refractivity contribution in [2.75, 3.05) is 11.9 Å². The smallest absolute Gasteiger partial charge is 0.448 e. The Morgan fingerprint density at radius 3 is 2.75 bits per heavy atom. The maximum atomic E-state index is 12.3. The lowest BCUT2D eigenvalue weighted by Crippen LogP contribution is -2.45. The number of aromatic nitrogens is 5. The largest absolute Gasteiger partial charge is 0.499 e. The highest BCUT2D eigenvalue weighted by molar-refractivity contribution is 7.67. The summed E-state index contributed by atoms with van der Waals surface area (Å²) in [7, 11) is 1.63. The van der Waals surface area contributed by atoms with Crippen molar-refractivity contribution in [2.24, 2.45) is 7.05 Å². The summed E-state index contributed by atoms with van der Waals surface area (Å²) in [6, 6.07) is 14.0. The highest BCUT2D eigenvalue weighted by Gasteiger charge is 2.54. The first-order valence-corrected chi connectivity index (χ1v) is 10.1. The number of carbonyl (C=O) groups is 1. The fourth-order valence-corrected chi connectivity index (χ4v) is 3.29. The molecule has 0 aliphatic carbocycles. The molecule has 2 N–H and O–H groups in total. The summed E-state index contributed by atoms with van der Waals surface area (Å²) in [5.41, 5.74) is 3.90. The minimum Gasteiger partial charge on any atom is -0.448 e. The number of benzene rings is 1. The molecule has 0 spiro atoms. The average molecular weight is 454 g/mol. The summed E-state index contributed by atoms with van der Waals surface area (Å²) in [4.78, 5) is 20.3. The van der Waals surface area contributed by atoms with E-state index in [0.29, 0.717) is 17.7 Å². The number of nitrogens with one attached hydrogen (secondary N) is 2. The van der Waals surface area contributed by atoms with E-state index in [1.165, 1.54) is 4.68 Å². The molecule has 2 aromatic heterocycles. The topological polar surface area (TPSA) is 133 Å². The maximum Gasteiger partial charge on any atom is 0.499 e. The van der Waals surface area contributed by atoms with E-state index < -0.39 is 11.0 Å². The molecule has 0 aliphatic heterocycles. The fourth-order valence-electron chi connectivity index (χ4n) is 2.72. The summed E-state index contributed by atoms with van der Waals surface area (Å²) in [6.07, 6.45) is 4.78. The van der Waals surface area contributed by atoms with Gasteiger partial charge in [0, 0.05) is 23.2 Å². The molecule has 164 valence electrons. The van der Waals surface area contributed by atoms with Crippen LogP contribution in [0, 0.1) is 12.3 Å². The van der Waals surface area contributed by atoms with Gasteiger partial charge in [-0.3, -0.25) is 10.2 Å². The van der Waals surface area contributed by atoms with Crippen LogP contribution in [0.15, 0.2) is 48.5 Å². The Balaban J connectivity index is 1.71. The molecule has 12 heteroatoms. The highest BCUT2D eigenvalue weighted by Crippen LogP contribution is 2.27. The second-order valence-corrected chi connectivity index (χ2v) is 7.16. The Morgan fingerprint density at radius 1 is 1.25 bits per heavy atom. The number of aryl methyl sites for hydroxylation is 1. The highest BCUT2D eigenvalue weighted by atomic mass is 32.1. The molecule has 1 amide bonds. The average Bonchev–Trinajstić information content (AvgIpc) is 3.24. The van der Waals surface area contributed by atoms with Crippen LogP contribution in [0.1, 0.15) is 23.5 Å². The van der Waals surface area contributed by atoms with Crippen molar-refractivity contribution in [3.8, 4) is 12.3 Å². The van der Waals surface area contributed by atoms with Gasteiger partial charge in [-0.05, 0) is 22.6 Å². The van der Waals surface area contributed by atoms with E-state index in [4.69, 9.17) is 16.0 Å². The Kier molecular flexibility index (Phi) is 7.87. The molecule has 0 saturated carbocycles. The summed E-state index contributed by atoms with van der Waals surface area (Å²) >= 11 is 0.241. The number of rotatable bonds is 10. The van der Waals surface area contributed by atoms with E-state index in [9.17, 15) is 9.00 Å². The van der Waals surface area contributed by atoms with E-state index in [1.54, 1.807) is 49.5 Å². The molecule has 3 aromatic rings. The molecular weight excluding hydrogens is 434 g/mol. The van der Waals surface area contributed by atoms with Crippen molar-refractivity contribution < 1.29 is 18.6 Å². The Bertz CT molecular complexity index is 1100. The Hall–Kier alpha value is -3.79. The third-order valence-corrected chi connectivity index (χ3v) is 4.94. The number of hydrogen-bond donors (Lipinski definition) is 2. The van der Waals surface area contributed by atoms with Gasteiger partial charge in [0.1, 0.15) is 19.0 Å². The maximum absolute atomic E-state index is 12.3. The first-order chi connectivity index (χ1) is 15.6. The zero-order chi connectivity index (χ0) is 22.8. The van der Waals surface area contributed by atoms with E-state index >= 15 is 0 Å². The van der Waals surface area contributed by atoms with E-state index in [2.05, 4.69) is 37.2 Å². The van der Waals surface area contributed by atoms with Crippen molar-refractivity contribution in [1.82, 2.24) is 30.7 Å². The molecule has 0 bridgehead atoms. The first-order valence-electron chi connectivity index (χ1n) is 9.40. The Morgan fingerprint density at radius 2 is 2.06 bits per heavy atom. The molecule has 32 heavy (non-hydrogen) atoms. The van der Waals surface area contributed by atoms with E-state index in [1.807, 2.05) is 6.07 Å². The molecule has 0 saturated heterocycles. The van der Waals surface area contributed by atoms with Crippen molar-refractivity contribution in [1.29, 1.82) is 0 Å². The van der Waals surface area contributed by atoms with Crippen molar-refractivity contribution in [3.63, 3.8) is 0 Å². The molecule has 1 aromatic carbocycles. The van der Waals surface area contributed by atoms with Gasteiger partial charge < -0.3 is 4.74 Å². The van der Waals surface area contributed by atoms with Crippen LogP contribution < -0.4 is 10.8 Å². The number of ether oxygens (including phenoxy) is 1. The van der Waals surface area contributed by atoms with Gasteiger partial charge in [0.2, 0.25) is 5.82 Å². The van der Waals surface area contributed by atoms with Crippen molar-refractivity contribution in [2.45, 2.75) is 17.9 Å². The molecule has 1 atom stereocenters. The van der Waals surface area contributed by atoms with Crippen LogP contribution in [0.4, 0.5) is 10.6 Å². The third kappa shape index (κ3) is 5.46. The molecule has 1 unspecified atom stereocenters. The van der Waals surface area contributed by atoms with E-state index in [0.717, 1.165) is 0 Å². The van der Waals surface area contributed by atoms with Crippen LogP contribution >= 0.6 is 0 Å². The van der Waals surface area contributed by atoms with Gasteiger partial charge in [-0.15, -0.1) is 22.9 Å². The Labute approximate surface area is 188 Å². The number of terminal acetylenes is 1. The fraction of sp³-hybridized carbons (Fsp3) is 0.250. The van der Waals surface area contributed by atoms with Gasteiger partial charge >= 0.3 is 22.6 Å². The monoisotopic (exact) mass is 454 g/mol. The minimum absolute atomic E-state index is 0.0118. The van der Waals surface area contributed by atoms with Crippen LogP contribution in [-0.2, 0) is 44.0 Å². The van der Waals surface area contributed by atoms with Crippen LogP contribution in [0.5, 0.6) is 0 Å². The second kappa shape index (κ2) is 11.0. The van der Waals surface area contributed by atoms with Gasteiger partial charge in [-0.1, -0.05) is 36.4 Å². The van der Waals surface area contributed by atoms with Gasteiger partial charge in [0.15, 0.2) is 0 Å². The molecule has 11 nitrogen and oxygen atoms in total. The molecule has 0 radical (unpaired) electrons. The molecule has 2 heterocycles. The number of pyridine rings is 1. The lowest BCUT2D eigenvalue weighted by atomic mass is 10.1. The summed E-state index contributed by atoms with van der Waals surface area (Å²) in [5.74, 6) is 2.92. The molecule has 0 aliphatic rings. The molecule has 3 rings (SSSR count). The first kappa shape index (κ1) is 22.9. The number of hydrogen-bond acceptors (Lipinski definition) is 9. The van der Waals surface area contributed by atoms with Crippen LogP contribution in [0.2, 0.25) is 0 Å².